The number of para-hydroxylation sites is 1. The summed E-state index contributed by atoms with van der Waals surface area (Å²) in [6.07, 6.45) is 5.01. The summed E-state index contributed by atoms with van der Waals surface area (Å²) in [7, 11) is 0. The van der Waals surface area contributed by atoms with Gasteiger partial charge in [0.15, 0.2) is 0 Å². The highest BCUT2D eigenvalue weighted by molar-refractivity contribution is 5.95. The summed E-state index contributed by atoms with van der Waals surface area (Å²) < 4.78 is 18.1. The van der Waals surface area contributed by atoms with E-state index in [9.17, 15) is 14.0 Å². The smallest absolute Gasteiger partial charge is 0.328 e. The highest BCUT2D eigenvalue weighted by Crippen LogP contribution is 2.19. The molecule has 2 N–H and O–H groups in total. The predicted octanol–water partition coefficient (Wildman–Crippen LogP) is 3.61. The Morgan fingerprint density at radius 2 is 1.93 bits per heavy atom. The Hall–Kier alpha value is -3.41. The fourth-order valence-electron chi connectivity index (χ4n) is 2.92. The maximum absolute atomic E-state index is 13.0. The summed E-state index contributed by atoms with van der Waals surface area (Å²) in [5, 5.41) is 3.69. The van der Waals surface area contributed by atoms with Crippen LogP contribution in [0.15, 0.2) is 60.8 Å². The number of amides is 1. The molecule has 5 nitrogen and oxygen atoms in total. The molecule has 0 saturated carbocycles. The van der Waals surface area contributed by atoms with E-state index in [4.69, 9.17) is 4.74 Å². The van der Waals surface area contributed by atoms with Crippen LogP contribution in [-0.4, -0.2) is 29.5 Å². The number of aromatic amines is 1. The van der Waals surface area contributed by atoms with Crippen molar-refractivity contribution < 1.29 is 18.7 Å². The van der Waals surface area contributed by atoms with E-state index in [1.165, 1.54) is 18.2 Å². The molecule has 2 aromatic carbocycles. The van der Waals surface area contributed by atoms with E-state index < -0.39 is 17.9 Å². The van der Waals surface area contributed by atoms with Crippen LogP contribution in [0.5, 0.6) is 0 Å². The van der Waals surface area contributed by atoms with Crippen molar-refractivity contribution in [2.45, 2.75) is 19.4 Å². The fourth-order valence-corrected chi connectivity index (χ4v) is 2.92. The van der Waals surface area contributed by atoms with Crippen molar-refractivity contribution in [1.29, 1.82) is 0 Å². The molecule has 0 radical (unpaired) electrons. The van der Waals surface area contributed by atoms with Crippen LogP contribution < -0.4 is 5.32 Å². The molecule has 0 aliphatic heterocycles. The second-order valence-corrected chi connectivity index (χ2v) is 6.26. The maximum atomic E-state index is 13.0. The van der Waals surface area contributed by atoms with Gasteiger partial charge in [-0.1, -0.05) is 30.3 Å². The van der Waals surface area contributed by atoms with Gasteiger partial charge in [-0.25, -0.2) is 9.18 Å². The highest BCUT2D eigenvalue weighted by Gasteiger charge is 2.23. The van der Waals surface area contributed by atoms with Gasteiger partial charge in [-0.2, -0.15) is 0 Å². The molecule has 28 heavy (non-hydrogen) atoms. The molecule has 1 amide bonds. The van der Waals surface area contributed by atoms with Crippen molar-refractivity contribution in [1.82, 2.24) is 10.3 Å². The SMILES string of the molecule is CCOC(=O)[C@@H](Cc1c[nH]c2ccccc12)NC(=O)/C=C/c1ccc(F)cc1. The standard InChI is InChI=1S/C22H21FN2O3/c1-2-28-22(27)20(13-16-14-24-19-6-4-3-5-18(16)19)25-21(26)12-9-15-7-10-17(23)11-8-15/h3-12,14,20,24H,2,13H2,1H3,(H,25,26)/b12-9+/t20-/m1/s1. The van der Waals surface area contributed by atoms with E-state index in [1.54, 1.807) is 25.1 Å². The van der Waals surface area contributed by atoms with Gasteiger partial charge in [-0.05, 0) is 42.3 Å². The number of benzene rings is 2. The van der Waals surface area contributed by atoms with Gasteiger partial charge in [0.25, 0.3) is 0 Å². The predicted molar refractivity (Wildman–Crippen MR) is 106 cm³/mol. The Labute approximate surface area is 162 Å². The highest BCUT2D eigenvalue weighted by atomic mass is 19.1. The molecule has 0 bridgehead atoms. The van der Waals surface area contributed by atoms with Crippen molar-refractivity contribution in [2.75, 3.05) is 6.61 Å². The number of hydrogen-bond donors (Lipinski definition) is 2. The van der Waals surface area contributed by atoms with Gasteiger partial charge in [-0.3, -0.25) is 4.79 Å². The van der Waals surface area contributed by atoms with Crippen LogP contribution in [0.25, 0.3) is 17.0 Å². The zero-order valence-electron chi connectivity index (χ0n) is 15.4. The van der Waals surface area contributed by atoms with Crippen molar-refractivity contribution in [3.63, 3.8) is 0 Å². The molecule has 0 unspecified atom stereocenters. The van der Waals surface area contributed by atoms with Crippen LogP contribution in [-0.2, 0) is 20.7 Å². The normalized spacial score (nSPS) is 12.2. The molecule has 3 rings (SSSR count). The minimum absolute atomic E-state index is 0.227. The molecule has 6 heteroatoms. The van der Waals surface area contributed by atoms with E-state index in [1.807, 2.05) is 30.5 Å². The number of ether oxygens (including phenoxy) is 1. The number of hydrogen-bond acceptors (Lipinski definition) is 3. The number of aromatic nitrogens is 1. The number of H-pyrrole nitrogens is 1. The third kappa shape index (κ3) is 4.85. The van der Waals surface area contributed by atoms with Gasteiger partial charge >= 0.3 is 5.97 Å². The van der Waals surface area contributed by atoms with Gasteiger partial charge in [0.05, 0.1) is 6.61 Å². The molecule has 0 spiro atoms. The second kappa shape index (κ2) is 8.99. The fraction of sp³-hybridized carbons (Fsp3) is 0.182. The number of carbonyl (C=O) groups is 2. The molecule has 3 aromatic rings. The summed E-state index contributed by atoms with van der Waals surface area (Å²) >= 11 is 0. The third-order valence-electron chi connectivity index (χ3n) is 4.28. The zero-order chi connectivity index (χ0) is 19.9. The Morgan fingerprint density at radius 1 is 1.18 bits per heavy atom. The van der Waals surface area contributed by atoms with Gasteiger partial charge < -0.3 is 15.0 Å². The topological polar surface area (TPSA) is 71.2 Å². The number of esters is 1. The van der Waals surface area contributed by atoms with E-state index >= 15 is 0 Å². The van der Waals surface area contributed by atoms with Gasteiger partial charge in [0, 0.05) is 29.6 Å². The minimum atomic E-state index is -0.815. The van der Waals surface area contributed by atoms with Crippen LogP contribution in [0.1, 0.15) is 18.1 Å². The van der Waals surface area contributed by atoms with Crippen molar-refractivity contribution >= 4 is 28.9 Å². The van der Waals surface area contributed by atoms with Crippen molar-refractivity contribution in [3.05, 3.63) is 77.7 Å². The summed E-state index contributed by atoms with van der Waals surface area (Å²) in [4.78, 5) is 27.8. The van der Waals surface area contributed by atoms with Gasteiger partial charge in [0.1, 0.15) is 11.9 Å². The third-order valence-corrected chi connectivity index (χ3v) is 4.28. The van der Waals surface area contributed by atoms with Crippen LogP contribution >= 0.6 is 0 Å². The van der Waals surface area contributed by atoms with Gasteiger partial charge in [-0.15, -0.1) is 0 Å². The molecule has 0 aliphatic rings. The summed E-state index contributed by atoms with van der Waals surface area (Å²) in [6.45, 7) is 1.95. The lowest BCUT2D eigenvalue weighted by Crippen LogP contribution is -2.42. The lowest BCUT2D eigenvalue weighted by molar-refractivity contribution is -0.146. The average Bonchev–Trinajstić information content (AvgIpc) is 3.10. The minimum Gasteiger partial charge on any atom is -0.464 e. The Balaban J connectivity index is 1.73. The Kier molecular flexibility index (Phi) is 6.22. The number of rotatable bonds is 7. The molecule has 0 saturated heterocycles. The van der Waals surface area contributed by atoms with E-state index in [0.717, 1.165) is 16.5 Å². The van der Waals surface area contributed by atoms with Crippen molar-refractivity contribution in [2.24, 2.45) is 0 Å². The molecule has 0 fully saturated rings. The first-order valence-corrected chi connectivity index (χ1v) is 9.02. The lowest BCUT2D eigenvalue weighted by atomic mass is 10.0. The second-order valence-electron chi connectivity index (χ2n) is 6.26. The van der Waals surface area contributed by atoms with E-state index in [0.29, 0.717) is 12.0 Å². The zero-order valence-corrected chi connectivity index (χ0v) is 15.4. The van der Waals surface area contributed by atoms with Crippen LogP contribution in [0.2, 0.25) is 0 Å². The molecule has 1 heterocycles. The summed E-state index contributed by atoms with van der Waals surface area (Å²) in [5.74, 6) is -1.26. The first-order valence-electron chi connectivity index (χ1n) is 9.02. The summed E-state index contributed by atoms with van der Waals surface area (Å²) in [5.41, 5.74) is 2.56. The maximum Gasteiger partial charge on any atom is 0.328 e. The van der Waals surface area contributed by atoms with Crippen LogP contribution in [0.4, 0.5) is 4.39 Å². The van der Waals surface area contributed by atoms with E-state index in [2.05, 4.69) is 10.3 Å². The van der Waals surface area contributed by atoms with Crippen LogP contribution in [0, 0.1) is 5.82 Å². The Morgan fingerprint density at radius 3 is 2.68 bits per heavy atom. The molecule has 1 aromatic heterocycles. The largest absolute Gasteiger partial charge is 0.464 e. The number of carbonyl (C=O) groups excluding carboxylic acids is 2. The number of halogens is 1. The molecular formula is C22H21FN2O3. The number of fused-ring (bicyclic) bond motifs is 1. The first kappa shape index (κ1) is 19.4. The van der Waals surface area contributed by atoms with Gasteiger partial charge in [0.2, 0.25) is 5.91 Å². The Bertz CT molecular complexity index is 992. The van der Waals surface area contributed by atoms with Crippen LogP contribution in [0.3, 0.4) is 0 Å². The molecule has 1 atom stereocenters. The average molecular weight is 380 g/mol. The first-order chi connectivity index (χ1) is 13.6. The quantitative estimate of drug-likeness (QED) is 0.486. The molecule has 144 valence electrons. The number of nitrogens with one attached hydrogen (secondary N) is 2. The monoisotopic (exact) mass is 380 g/mol. The lowest BCUT2D eigenvalue weighted by Gasteiger charge is -2.16. The van der Waals surface area contributed by atoms with E-state index in [-0.39, 0.29) is 12.4 Å². The summed E-state index contributed by atoms with van der Waals surface area (Å²) in [6, 6.07) is 12.7. The molecule has 0 aliphatic carbocycles. The molecular weight excluding hydrogens is 359 g/mol. The van der Waals surface area contributed by atoms with Crippen molar-refractivity contribution in [3.8, 4) is 0 Å².